The summed E-state index contributed by atoms with van der Waals surface area (Å²) in [5, 5.41) is 2.87. The average molecular weight is 328 g/mol. The summed E-state index contributed by atoms with van der Waals surface area (Å²) < 4.78 is 7.15. The third-order valence-corrected chi connectivity index (χ3v) is 3.92. The first-order valence-electron chi connectivity index (χ1n) is 7.88. The lowest BCUT2D eigenvalue weighted by atomic mass is 10.1. The molecule has 1 unspecified atom stereocenters. The fraction of sp³-hybridized carbons (Fsp3) is 0.353. The van der Waals surface area contributed by atoms with Crippen LogP contribution < -0.4 is 5.32 Å². The molecular formula is C17H20N4O3. The molecule has 24 heavy (non-hydrogen) atoms. The number of ether oxygens (including phenoxy) is 1. The van der Waals surface area contributed by atoms with Crippen molar-refractivity contribution in [3.63, 3.8) is 0 Å². The van der Waals surface area contributed by atoms with Crippen molar-refractivity contribution in [1.29, 1.82) is 0 Å². The van der Waals surface area contributed by atoms with Crippen molar-refractivity contribution >= 4 is 11.8 Å². The molecule has 1 aliphatic rings. The van der Waals surface area contributed by atoms with Crippen LogP contribution in [0.15, 0.2) is 49.1 Å². The molecule has 0 saturated carbocycles. The summed E-state index contributed by atoms with van der Waals surface area (Å²) in [6.45, 7) is 1.74. The highest BCUT2D eigenvalue weighted by atomic mass is 16.5. The molecule has 2 heterocycles. The molecule has 7 heteroatoms. The summed E-state index contributed by atoms with van der Waals surface area (Å²) in [6, 6.07) is 9.04. The van der Waals surface area contributed by atoms with Gasteiger partial charge in [0.1, 0.15) is 12.6 Å². The lowest BCUT2D eigenvalue weighted by Crippen LogP contribution is -2.56. The van der Waals surface area contributed by atoms with Gasteiger partial charge in [-0.25, -0.2) is 4.98 Å². The minimum atomic E-state index is -0.603. The van der Waals surface area contributed by atoms with E-state index in [9.17, 15) is 9.59 Å². The van der Waals surface area contributed by atoms with Crippen molar-refractivity contribution in [3.05, 3.63) is 54.6 Å². The predicted molar refractivity (Wildman–Crippen MR) is 86.8 cm³/mol. The van der Waals surface area contributed by atoms with Crippen LogP contribution in [-0.4, -0.2) is 52.1 Å². The Hall–Kier alpha value is -2.67. The van der Waals surface area contributed by atoms with Crippen LogP contribution in [0.1, 0.15) is 5.56 Å². The van der Waals surface area contributed by atoms with Gasteiger partial charge in [0.2, 0.25) is 11.8 Å². The maximum atomic E-state index is 12.5. The summed E-state index contributed by atoms with van der Waals surface area (Å²) in [7, 11) is 0. The molecule has 7 nitrogen and oxygen atoms in total. The van der Waals surface area contributed by atoms with Gasteiger partial charge in [0.15, 0.2) is 0 Å². The Bertz CT molecular complexity index is 672. The molecule has 0 aliphatic carbocycles. The van der Waals surface area contributed by atoms with Gasteiger partial charge in [-0.1, -0.05) is 30.3 Å². The van der Waals surface area contributed by atoms with Gasteiger partial charge in [0.25, 0.3) is 0 Å². The van der Waals surface area contributed by atoms with E-state index in [0.29, 0.717) is 19.6 Å². The Morgan fingerprint density at radius 3 is 2.92 bits per heavy atom. The van der Waals surface area contributed by atoms with Crippen LogP contribution in [-0.2, 0) is 27.4 Å². The molecule has 1 fully saturated rings. The quantitative estimate of drug-likeness (QED) is 0.834. The van der Waals surface area contributed by atoms with Gasteiger partial charge >= 0.3 is 0 Å². The number of hydrogen-bond donors (Lipinski definition) is 1. The second-order valence-electron chi connectivity index (χ2n) is 5.63. The maximum absolute atomic E-state index is 12.5. The largest absolute Gasteiger partial charge is 0.369 e. The minimum Gasteiger partial charge on any atom is -0.369 e. The van der Waals surface area contributed by atoms with Crippen LogP contribution in [0.25, 0.3) is 0 Å². The number of benzene rings is 1. The monoisotopic (exact) mass is 328 g/mol. The van der Waals surface area contributed by atoms with Crippen molar-refractivity contribution in [2.45, 2.75) is 19.1 Å². The molecule has 1 aliphatic heterocycles. The van der Waals surface area contributed by atoms with Gasteiger partial charge in [-0.3, -0.25) is 9.59 Å². The zero-order chi connectivity index (χ0) is 16.8. The number of aromatic nitrogens is 2. The van der Waals surface area contributed by atoms with E-state index < -0.39 is 6.04 Å². The topological polar surface area (TPSA) is 76.5 Å². The highest BCUT2D eigenvalue weighted by Crippen LogP contribution is 2.13. The van der Waals surface area contributed by atoms with Crippen LogP contribution in [0, 0.1) is 0 Å². The van der Waals surface area contributed by atoms with Gasteiger partial charge in [0, 0.05) is 32.0 Å². The fourth-order valence-corrected chi connectivity index (χ4v) is 2.65. The van der Waals surface area contributed by atoms with Crippen molar-refractivity contribution in [2.24, 2.45) is 0 Å². The highest BCUT2D eigenvalue weighted by Gasteiger charge is 2.33. The third kappa shape index (κ3) is 3.99. The lowest BCUT2D eigenvalue weighted by Gasteiger charge is -2.34. The Kier molecular flexibility index (Phi) is 5.22. The molecule has 126 valence electrons. The minimum absolute atomic E-state index is 0.0195. The summed E-state index contributed by atoms with van der Waals surface area (Å²) in [5.41, 5.74) is 0.990. The van der Waals surface area contributed by atoms with E-state index in [1.165, 1.54) is 0 Å². The first-order chi connectivity index (χ1) is 11.7. The first kappa shape index (κ1) is 16.2. The van der Waals surface area contributed by atoms with Crippen LogP contribution in [0.5, 0.6) is 0 Å². The number of carbonyl (C=O) groups is 2. The molecule has 1 atom stereocenters. The molecule has 0 bridgehead atoms. The number of carbonyl (C=O) groups excluding carboxylic acids is 2. The Labute approximate surface area is 140 Å². The number of hydrogen-bond acceptors (Lipinski definition) is 4. The lowest BCUT2D eigenvalue weighted by molar-refractivity contribution is -0.155. The van der Waals surface area contributed by atoms with Crippen molar-refractivity contribution in [1.82, 2.24) is 19.8 Å². The number of imidazole rings is 1. The summed E-state index contributed by atoms with van der Waals surface area (Å²) in [5.74, 6) is -0.362. The van der Waals surface area contributed by atoms with E-state index in [-0.39, 0.29) is 25.0 Å². The van der Waals surface area contributed by atoms with E-state index in [1.807, 2.05) is 41.1 Å². The molecule has 0 radical (unpaired) electrons. The summed E-state index contributed by atoms with van der Waals surface area (Å²) in [6.07, 6.45) is 5.22. The molecule has 1 N–H and O–H groups in total. The number of amides is 2. The van der Waals surface area contributed by atoms with E-state index in [4.69, 9.17) is 4.74 Å². The molecule has 1 aromatic carbocycles. The molecule has 2 aromatic rings. The number of nitrogens with zero attached hydrogens (tertiary/aromatic N) is 3. The predicted octanol–water partition coefficient (Wildman–Crippen LogP) is 0.427. The number of rotatable bonds is 6. The molecular weight excluding hydrogens is 308 g/mol. The van der Waals surface area contributed by atoms with Crippen molar-refractivity contribution in [3.8, 4) is 0 Å². The van der Waals surface area contributed by atoms with Gasteiger partial charge < -0.3 is 19.5 Å². The van der Waals surface area contributed by atoms with Crippen LogP contribution >= 0.6 is 0 Å². The molecule has 2 amide bonds. The van der Waals surface area contributed by atoms with E-state index in [2.05, 4.69) is 10.3 Å². The molecule has 3 rings (SSSR count). The SMILES string of the molecule is O=C(NCCn1ccnc1)C1COCC(=O)N1Cc1ccccc1. The maximum Gasteiger partial charge on any atom is 0.249 e. The average Bonchev–Trinajstić information content (AvgIpc) is 3.11. The third-order valence-electron chi connectivity index (χ3n) is 3.92. The summed E-state index contributed by atoms with van der Waals surface area (Å²) in [4.78, 5) is 30.2. The van der Waals surface area contributed by atoms with Crippen LogP contribution in [0.3, 0.4) is 0 Å². The first-order valence-corrected chi connectivity index (χ1v) is 7.88. The fourth-order valence-electron chi connectivity index (χ4n) is 2.65. The summed E-state index contributed by atoms with van der Waals surface area (Å²) >= 11 is 0. The number of morpholine rings is 1. The van der Waals surface area contributed by atoms with Crippen molar-refractivity contribution < 1.29 is 14.3 Å². The van der Waals surface area contributed by atoms with E-state index >= 15 is 0 Å². The van der Waals surface area contributed by atoms with Crippen LogP contribution in [0.2, 0.25) is 0 Å². The Balaban J connectivity index is 1.60. The second-order valence-corrected chi connectivity index (χ2v) is 5.63. The molecule has 1 aromatic heterocycles. The molecule has 1 saturated heterocycles. The zero-order valence-electron chi connectivity index (χ0n) is 13.3. The Morgan fingerprint density at radius 2 is 2.17 bits per heavy atom. The normalized spacial score (nSPS) is 17.8. The second kappa shape index (κ2) is 7.74. The van der Waals surface area contributed by atoms with Gasteiger partial charge in [-0.15, -0.1) is 0 Å². The Morgan fingerprint density at radius 1 is 1.33 bits per heavy atom. The number of nitrogens with one attached hydrogen (secondary N) is 1. The molecule has 0 spiro atoms. The highest BCUT2D eigenvalue weighted by molar-refractivity contribution is 5.89. The van der Waals surface area contributed by atoms with Gasteiger partial charge in [-0.2, -0.15) is 0 Å². The van der Waals surface area contributed by atoms with Gasteiger partial charge in [-0.05, 0) is 5.56 Å². The zero-order valence-corrected chi connectivity index (χ0v) is 13.3. The standard InChI is InChI=1S/C17H20N4O3/c22-16-12-24-11-15(21(16)10-14-4-2-1-3-5-14)17(23)19-7-9-20-8-6-18-13-20/h1-6,8,13,15H,7,9-12H2,(H,19,23). The smallest absolute Gasteiger partial charge is 0.249 e. The van der Waals surface area contributed by atoms with Crippen LogP contribution in [0.4, 0.5) is 0 Å². The van der Waals surface area contributed by atoms with Gasteiger partial charge in [0.05, 0.1) is 12.9 Å². The van der Waals surface area contributed by atoms with E-state index in [1.54, 1.807) is 17.4 Å². The van der Waals surface area contributed by atoms with E-state index in [0.717, 1.165) is 5.56 Å². The van der Waals surface area contributed by atoms with Crippen molar-refractivity contribution in [2.75, 3.05) is 19.8 Å².